The number of aryl methyl sites for hydroxylation is 1. The maximum absolute atomic E-state index is 4.53. The third-order valence-corrected chi connectivity index (χ3v) is 4.97. The van der Waals surface area contributed by atoms with Gasteiger partial charge in [0.25, 0.3) is 0 Å². The molecule has 0 amide bonds. The summed E-state index contributed by atoms with van der Waals surface area (Å²) in [6.07, 6.45) is 1.82. The van der Waals surface area contributed by atoms with Gasteiger partial charge in [-0.15, -0.1) is 10.2 Å². The van der Waals surface area contributed by atoms with Crippen LogP contribution in [0.4, 0.5) is 5.13 Å². The van der Waals surface area contributed by atoms with Crippen molar-refractivity contribution in [2.24, 2.45) is 0 Å². The molecule has 1 aromatic carbocycles. The molecule has 1 atom stereocenters. The first kappa shape index (κ1) is 16.6. The highest BCUT2D eigenvalue weighted by molar-refractivity contribution is 7.15. The molecule has 0 aliphatic heterocycles. The molecule has 0 bridgehead atoms. The third-order valence-electron chi connectivity index (χ3n) is 3.69. The van der Waals surface area contributed by atoms with Gasteiger partial charge in [0.05, 0.1) is 11.7 Å². The molecule has 1 unspecified atom stereocenters. The number of hydrogen-bond donors (Lipinski definition) is 1. The second kappa shape index (κ2) is 6.69. The number of anilines is 1. The van der Waals surface area contributed by atoms with Gasteiger partial charge in [-0.05, 0) is 24.6 Å². The Bertz CT molecular complexity index is 805. The summed E-state index contributed by atoms with van der Waals surface area (Å²) in [5, 5.41) is 14.0. The van der Waals surface area contributed by atoms with Gasteiger partial charge in [-0.1, -0.05) is 68.0 Å². The highest BCUT2D eigenvalue weighted by Crippen LogP contribution is 2.31. The summed E-state index contributed by atoms with van der Waals surface area (Å²) in [5.41, 5.74) is 3.36. The number of benzene rings is 1. The highest BCUT2D eigenvalue weighted by atomic mass is 32.1. The van der Waals surface area contributed by atoms with E-state index in [1.807, 2.05) is 24.4 Å². The van der Waals surface area contributed by atoms with Crippen molar-refractivity contribution in [3.8, 4) is 0 Å². The van der Waals surface area contributed by atoms with Crippen LogP contribution in [0, 0.1) is 6.92 Å². The first-order chi connectivity index (χ1) is 11.4. The van der Waals surface area contributed by atoms with Gasteiger partial charge < -0.3 is 5.32 Å². The van der Waals surface area contributed by atoms with Crippen LogP contribution < -0.4 is 5.32 Å². The molecule has 0 aliphatic carbocycles. The lowest BCUT2D eigenvalue weighted by molar-refractivity contribution is 0.578. The Morgan fingerprint density at radius 1 is 1.04 bits per heavy atom. The normalized spacial score (nSPS) is 12.8. The molecule has 0 spiro atoms. The van der Waals surface area contributed by atoms with Gasteiger partial charge in [0.1, 0.15) is 5.01 Å². The van der Waals surface area contributed by atoms with Gasteiger partial charge in [0, 0.05) is 11.6 Å². The number of hydrogen-bond acceptors (Lipinski definition) is 5. The van der Waals surface area contributed by atoms with Crippen LogP contribution in [0.1, 0.15) is 48.6 Å². The van der Waals surface area contributed by atoms with Gasteiger partial charge in [0.15, 0.2) is 0 Å². The van der Waals surface area contributed by atoms with E-state index in [0.717, 1.165) is 15.8 Å². The Morgan fingerprint density at radius 3 is 2.50 bits per heavy atom. The van der Waals surface area contributed by atoms with Gasteiger partial charge in [-0.25, -0.2) is 0 Å². The van der Waals surface area contributed by atoms with Crippen LogP contribution in [0.2, 0.25) is 0 Å². The number of pyridine rings is 1. The molecule has 24 heavy (non-hydrogen) atoms. The average Bonchev–Trinajstić information content (AvgIpc) is 3.02. The van der Waals surface area contributed by atoms with E-state index >= 15 is 0 Å². The molecule has 2 heterocycles. The number of rotatable bonds is 4. The molecule has 3 aromatic rings. The maximum atomic E-state index is 4.53. The molecular formula is C19H22N4S. The van der Waals surface area contributed by atoms with Crippen molar-refractivity contribution in [3.63, 3.8) is 0 Å². The second-order valence-electron chi connectivity index (χ2n) is 6.91. The average molecular weight is 338 g/mol. The van der Waals surface area contributed by atoms with E-state index < -0.39 is 0 Å². The molecule has 2 aromatic heterocycles. The van der Waals surface area contributed by atoms with Crippen molar-refractivity contribution >= 4 is 16.5 Å². The topological polar surface area (TPSA) is 50.7 Å². The third kappa shape index (κ3) is 3.79. The molecule has 0 saturated carbocycles. The zero-order chi connectivity index (χ0) is 17.2. The summed E-state index contributed by atoms with van der Waals surface area (Å²) in [5.74, 6) is 0. The lowest BCUT2D eigenvalue weighted by Crippen LogP contribution is -2.13. The predicted octanol–water partition coefficient (Wildman–Crippen LogP) is 4.74. The minimum atomic E-state index is -0.0492. The van der Waals surface area contributed by atoms with Gasteiger partial charge >= 0.3 is 0 Å². The van der Waals surface area contributed by atoms with Crippen molar-refractivity contribution in [1.29, 1.82) is 0 Å². The smallest absolute Gasteiger partial charge is 0.206 e. The molecule has 1 N–H and O–H groups in total. The van der Waals surface area contributed by atoms with Crippen molar-refractivity contribution in [2.75, 3.05) is 5.32 Å². The Hall–Kier alpha value is -2.27. The van der Waals surface area contributed by atoms with Crippen LogP contribution in [0.5, 0.6) is 0 Å². The van der Waals surface area contributed by atoms with Crippen molar-refractivity contribution in [1.82, 2.24) is 15.2 Å². The van der Waals surface area contributed by atoms with E-state index in [2.05, 4.69) is 72.5 Å². The van der Waals surface area contributed by atoms with E-state index in [1.165, 1.54) is 11.1 Å². The van der Waals surface area contributed by atoms with E-state index in [-0.39, 0.29) is 11.5 Å². The zero-order valence-electron chi connectivity index (χ0n) is 14.4. The fourth-order valence-corrected chi connectivity index (χ4v) is 3.26. The molecular weight excluding hydrogens is 316 g/mol. The van der Waals surface area contributed by atoms with Crippen LogP contribution in [-0.4, -0.2) is 15.2 Å². The quantitative estimate of drug-likeness (QED) is 0.746. The van der Waals surface area contributed by atoms with Gasteiger partial charge in [-0.2, -0.15) is 0 Å². The zero-order valence-corrected chi connectivity index (χ0v) is 15.3. The van der Waals surface area contributed by atoms with Crippen molar-refractivity contribution < 1.29 is 0 Å². The summed E-state index contributed by atoms with van der Waals surface area (Å²) in [6, 6.07) is 14.4. The molecule has 0 aliphatic rings. The van der Waals surface area contributed by atoms with E-state index in [9.17, 15) is 0 Å². The Labute approximate surface area is 147 Å². The summed E-state index contributed by atoms with van der Waals surface area (Å²) in [6.45, 7) is 8.54. The fourth-order valence-electron chi connectivity index (χ4n) is 2.43. The largest absolute Gasteiger partial charge is 0.348 e. The Kier molecular flexibility index (Phi) is 4.62. The number of nitrogens with one attached hydrogen (secondary N) is 1. The Balaban J connectivity index is 1.95. The van der Waals surface area contributed by atoms with E-state index in [0.29, 0.717) is 0 Å². The van der Waals surface area contributed by atoms with Crippen LogP contribution in [0.3, 0.4) is 0 Å². The molecule has 0 radical (unpaired) electrons. The second-order valence-corrected chi connectivity index (χ2v) is 7.89. The highest BCUT2D eigenvalue weighted by Gasteiger charge is 2.22. The summed E-state index contributed by atoms with van der Waals surface area (Å²) in [7, 11) is 0. The van der Waals surface area contributed by atoms with Crippen LogP contribution >= 0.6 is 11.3 Å². The van der Waals surface area contributed by atoms with E-state index in [1.54, 1.807) is 11.3 Å². The van der Waals surface area contributed by atoms with E-state index in [4.69, 9.17) is 0 Å². The van der Waals surface area contributed by atoms with Gasteiger partial charge in [-0.3, -0.25) is 4.98 Å². The monoisotopic (exact) mass is 338 g/mol. The number of aromatic nitrogens is 3. The summed E-state index contributed by atoms with van der Waals surface area (Å²) in [4.78, 5) is 4.53. The summed E-state index contributed by atoms with van der Waals surface area (Å²) < 4.78 is 0. The SMILES string of the molecule is Cc1cccc(C(Nc2nnc(C(C)(C)C)s2)c2ccccn2)c1. The minimum Gasteiger partial charge on any atom is -0.348 e. The fraction of sp³-hybridized carbons (Fsp3) is 0.316. The van der Waals surface area contributed by atoms with Crippen molar-refractivity contribution in [2.45, 2.75) is 39.2 Å². The lowest BCUT2D eigenvalue weighted by atomic mass is 9.98. The summed E-state index contributed by atoms with van der Waals surface area (Å²) >= 11 is 1.60. The first-order valence-corrected chi connectivity index (χ1v) is 8.83. The molecule has 124 valence electrons. The predicted molar refractivity (Wildman–Crippen MR) is 99.5 cm³/mol. The molecule has 4 nitrogen and oxygen atoms in total. The number of nitrogens with zero attached hydrogens (tertiary/aromatic N) is 3. The van der Waals surface area contributed by atoms with Crippen molar-refractivity contribution in [3.05, 3.63) is 70.5 Å². The van der Waals surface area contributed by atoms with Gasteiger partial charge in [0.2, 0.25) is 5.13 Å². The molecule has 0 fully saturated rings. The lowest BCUT2D eigenvalue weighted by Gasteiger charge is -2.18. The van der Waals surface area contributed by atoms with Crippen LogP contribution in [0.15, 0.2) is 48.7 Å². The minimum absolute atomic E-state index is 0.00141. The van der Waals surface area contributed by atoms with Crippen LogP contribution in [0.25, 0.3) is 0 Å². The molecule has 3 rings (SSSR count). The van der Waals surface area contributed by atoms with Crippen LogP contribution in [-0.2, 0) is 5.41 Å². The molecule has 0 saturated heterocycles. The Morgan fingerprint density at radius 2 is 1.88 bits per heavy atom. The first-order valence-electron chi connectivity index (χ1n) is 8.01. The maximum Gasteiger partial charge on any atom is 0.206 e. The molecule has 5 heteroatoms. The standard InChI is InChI=1S/C19H22N4S/c1-13-8-7-9-14(12-13)16(15-10-5-6-11-20-15)21-18-23-22-17(24-18)19(2,3)4/h5-12,16H,1-4H3,(H,21,23).